The van der Waals surface area contributed by atoms with E-state index in [2.05, 4.69) is 30.7 Å². The van der Waals surface area contributed by atoms with Gasteiger partial charge in [-0.1, -0.05) is 26.2 Å². The van der Waals surface area contributed by atoms with Crippen LogP contribution in [0.15, 0.2) is 0 Å². The Bertz CT molecular complexity index is 281. The maximum Gasteiger partial charge on any atom is 0.0333 e. The highest BCUT2D eigenvalue weighted by Crippen LogP contribution is 2.36. The first-order chi connectivity index (χ1) is 9.11. The predicted octanol–water partition coefficient (Wildman–Crippen LogP) is 2.31. The van der Waals surface area contributed by atoms with Crippen molar-refractivity contribution in [3.63, 3.8) is 0 Å². The lowest BCUT2D eigenvalue weighted by Crippen LogP contribution is -2.61. The fourth-order valence-electron chi connectivity index (χ4n) is 4.00. The minimum absolute atomic E-state index is 0.305. The summed E-state index contributed by atoms with van der Waals surface area (Å²) in [6, 6.07) is 0.669. The van der Waals surface area contributed by atoms with Crippen LogP contribution in [0.4, 0.5) is 0 Å². The minimum Gasteiger partial charge on any atom is -0.329 e. The van der Waals surface area contributed by atoms with E-state index in [0.717, 1.165) is 12.5 Å². The van der Waals surface area contributed by atoms with E-state index in [-0.39, 0.29) is 0 Å². The van der Waals surface area contributed by atoms with Crippen molar-refractivity contribution in [3.8, 4) is 0 Å². The van der Waals surface area contributed by atoms with Gasteiger partial charge in [0.15, 0.2) is 0 Å². The third-order valence-electron chi connectivity index (χ3n) is 5.86. The van der Waals surface area contributed by atoms with Gasteiger partial charge in [0.25, 0.3) is 0 Å². The molecule has 3 nitrogen and oxygen atoms in total. The summed E-state index contributed by atoms with van der Waals surface area (Å²) in [4.78, 5) is 5.21. The van der Waals surface area contributed by atoms with Crippen LogP contribution in [0.2, 0.25) is 0 Å². The molecule has 3 atom stereocenters. The van der Waals surface area contributed by atoms with Crippen molar-refractivity contribution in [3.05, 3.63) is 0 Å². The van der Waals surface area contributed by atoms with Crippen molar-refractivity contribution in [2.75, 3.05) is 33.2 Å². The number of hydrogen-bond acceptors (Lipinski definition) is 3. The third-order valence-corrected chi connectivity index (χ3v) is 5.86. The quantitative estimate of drug-likeness (QED) is 0.797. The molecule has 1 saturated carbocycles. The first-order valence-electron chi connectivity index (χ1n) is 8.26. The van der Waals surface area contributed by atoms with E-state index >= 15 is 0 Å². The van der Waals surface area contributed by atoms with Gasteiger partial charge < -0.3 is 10.6 Å². The average Bonchev–Trinajstić information content (AvgIpc) is 2.64. The molecule has 0 amide bonds. The van der Waals surface area contributed by atoms with E-state index in [9.17, 15) is 0 Å². The highest BCUT2D eigenvalue weighted by atomic mass is 15.3. The summed E-state index contributed by atoms with van der Waals surface area (Å²) in [5, 5.41) is 0. The van der Waals surface area contributed by atoms with Gasteiger partial charge in [-0.25, -0.2) is 0 Å². The number of nitrogens with zero attached hydrogens (tertiary/aromatic N) is 2. The van der Waals surface area contributed by atoms with Crippen molar-refractivity contribution in [2.45, 2.75) is 64.0 Å². The monoisotopic (exact) mass is 267 g/mol. The molecule has 1 saturated heterocycles. The molecule has 1 aliphatic heterocycles. The molecule has 2 rings (SSSR count). The first kappa shape index (κ1) is 15.3. The molecule has 1 aliphatic carbocycles. The Morgan fingerprint density at radius 3 is 2.63 bits per heavy atom. The second-order valence-corrected chi connectivity index (χ2v) is 6.91. The lowest BCUT2D eigenvalue weighted by Gasteiger charge is -2.49. The minimum atomic E-state index is 0.305. The van der Waals surface area contributed by atoms with Crippen molar-refractivity contribution < 1.29 is 0 Å². The van der Waals surface area contributed by atoms with Gasteiger partial charge in [0.05, 0.1) is 0 Å². The van der Waals surface area contributed by atoms with Crippen LogP contribution in [0.5, 0.6) is 0 Å². The van der Waals surface area contributed by atoms with Gasteiger partial charge in [-0.05, 0) is 39.2 Å². The maximum atomic E-state index is 6.25. The Balaban J connectivity index is 2.05. The van der Waals surface area contributed by atoms with Crippen LogP contribution >= 0.6 is 0 Å². The number of rotatable bonds is 3. The summed E-state index contributed by atoms with van der Waals surface area (Å²) >= 11 is 0. The molecule has 0 aromatic rings. The fraction of sp³-hybridized carbons (Fsp3) is 1.00. The molecule has 0 aromatic carbocycles. The Labute approximate surface area is 119 Å². The molecule has 1 heterocycles. The Morgan fingerprint density at radius 2 is 2.00 bits per heavy atom. The molecule has 2 N–H and O–H groups in total. The fourth-order valence-corrected chi connectivity index (χ4v) is 4.00. The smallest absolute Gasteiger partial charge is 0.0333 e. The van der Waals surface area contributed by atoms with Crippen LogP contribution in [-0.4, -0.2) is 54.6 Å². The standard InChI is InChI=1S/C16H33N3/c1-4-15-6-5-8-16(13-17,9-7-15)19-11-10-18(3)14(2)12-19/h14-15H,4-13,17H2,1-3H3. The van der Waals surface area contributed by atoms with E-state index in [1.54, 1.807) is 0 Å². The van der Waals surface area contributed by atoms with Crippen molar-refractivity contribution in [2.24, 2.45) is 11.7 Å². The summed E-state index contributed by atoms with van der Waals surface area (Å²) in [5.41, 5.74) is 6.56. The van der Waals surface area contributed by atoms with E-state index < -0.39 is 0 Å². The molecule has 0 aromatic heterocycles. The van der Waals surface area contributed by atoms with Gasteiger partial charge in [0.1, 0.15) is 0 Å². The number of hydrogen-bond donors (Lipinski definition) is 1. The van der Waals surface area contributed by atoms with Crippen molar-refractivity contribution >= 4 is 0 Å². The highest BCUT2D eigenvalue weighted by molar-refractivity contribution is 4.97. The van der Waals surface area contributed by atoms with Crippen LogP contribution in [0, 0.1) is 5.92 Å². The lowest BCUT2D eigenvalue weighted by molar-refractivity contribution is 0.00893. The molecule has 3 unspecified atom stereocenters. The van der Waals surface area contributed by atoms with Crippen LogP contribution in [0.25, 0.3) is 0 Å². The van der Waals surface area contributed by atoms with E-state index in [1.807, 2.05) is 0 Å². The molecule has 2 aliphatic rings. The molecule has 19 heavy (non-hydrogen) atoms. The molecule has 0 bridgehead atoms. The Hall–Kier alpha value is -0.120. The molecular weight excluding hydrogens is 234 g/mol. The summed E-state index contributed by atoms with van der Waals surface area (Å²) in [6.07, 6.45) is 8.15. The summed E-state index contributed by atoms with van der Waals surface area (Å²) in [6.45, 7) is 9.14. The third kappa shape index (κ3) is 3.32. The van der Waals surface area contributed by atoms with Gasteiger partial charge in [0.2, 0.25) is 0 Å². The molecule has 3 heteroatoms. The number of nitrogens with two attached hydrogens (primary N) is 1. The summed E-state index contributed by atoms with van der Waals surface area (Å²) in [7, 11) is 2.25. The molecule has 0 spiro atoms. The molecule has 2 fully saturated rings. The van der Waals surface area contributed by atoms with Crippen LogP contribution in [-0.2, 0) is 0 Å². The van der Waals surface area contributed by atoms with Gasteiger partial charge >= 0.3 is 0 Å². The van der Waals surface area contributed by atoms with Crippen LogP contribution in [0.3, 0.4) is 0 Å². The molecular formula is C16H33N3. The zero-order valence-corrected chi connectivity index (χ0v) is 13.2. The van der Waals surface area contributed by atoms with Gasteiger partial charge in [-0.3, -0.25) is 4.90 Å². The number of piperazine rings is 1. The molecule has 0 radical (unpaired) electrons. The predicted molar refractivity (Wildman–Crippen MR) is 82.3 cm³/mol. The van der Waals surface area contributed by atoms with Crippen LogP contribution < -0.4 is 5.73 Å². The van der Waals surface area contributed by atoms with Gasteiger partial charge in [0, 0.05) is 37.8 Å². The normalized spacial score (nSPS) is 39.2. The second-order valence-electron chi connectivity index (χ2n) is 6.91. The zero-order valence-electron chi connectivity index (χ0n) is 13.2. The zero-order chi connectivity index (χ0) is 13.9. The lowest BCUT2D eigenvalue weighted by atomic mass is 9.86. The van der Waals surface area contributed by atoms with E-state index in [4.69, 9.17) is 5.73 Å². The summed E-state index contributed by atoms with van der Waals surface area (Å²) in [5.74, 6) is 0.943. The van der Waals surface area contributed by atoms with Crippen molar-refractivity contribution in [1.29, 1.82) is 0 Å². The molecule has 112 valence electrons. The highest BCUT2D eigenvalue weighted by Gasteiger charge is 2.39. The summed E-state index contributed by atoms with van der Waals surface area (Å²) < 4.78 is 0. The van der Waals surface area contributed by atoms with Gasteiger partial charge in [-0.15, -0.1) is 0 Å². The number of likely N-dealkylation sites (N-methyl/N-ethyl adjacent to an activating group) is 1. The van der Waals surface area contributed by atoms with Crippen molar-refractivity contribution in [1.82, 2.24) is 9.80 Å². The van der Waals surface area contributed by atoms with Crippen LogP contribution in [0.1, 0.15) is 52.4 Å². The SMILES string of the molecule is CCC1CCCC(CN)(N2CCN(C)C(C)C2)CC1. The van der Waals surface area contributed by atoms with E-state index in [1.165, 1.54) is 58.2 Å². The second kappa shape index (κ2) is 6.55. The largest absolute Gasteiger partial charge is 0.329 e. The Kier molecular flexibility index (Phi) is 5.27. The topological polar surface area (TPSA) is 32.5 Å². The van der Waals surface area contributed by atoms with E-state index in [0.29, 0.717) is 11.6 Å². The first-order valence-corrected chi connectivity index (χ1v) is 8.26. The average molecular weight is 267 g/mol. The maximum absolute atomic E-state index is 6.25. The Morgan fingerprint density at radius 1 is 1.21 bits per heavy atom. The van der Waals surface area contributed by atoms with Gasteiger partial charge in [-0.2, -0.15) is 0 Å².